The van der Waals surface area contributed by atoms with Crippen LogP contribution in [-0.4, -0.2) is 37.0 Å². The van der Waals surface area contributed by atoms with Gasteiger partial charge < -0.3 is 10.2 Å². The van der Waals surface area contributed by atoms with Crippen molar-refractivity contribution in [1.82, 2.24) is 10.2 Å². The van der Waals surface area contributed by atoms with Crippen molar-refractivity contribution in [1.29, 1.82) is 0 Å². The van der Waals surface area contributed by atoms with Gasteiger partial charge >= 0.3 is 0 Å². The first-order valence-electron chi connectivity index (χ1n) is 9.71. The summed E-state index contributed by atoms with van der Waals surface area (Å²) in [6.45, 7) is 6.34. The fourth-order valence-corrected chi connectivity index (χ4v) is 5.26. The lowest BCUT2D eigenvalue weighted by Gasteiger charge is -2.42. The quantitative estimate of drug-likeness (QED) is 0.903. The summed E-state index contributed by atoms with van der Waals surface area (Å²) in [5, 5.41) is 3.52. The minimum Gasteiger partial charge on any atom is -0.342 e. The Kier molecular flexibility index (Phi) is 4.16. The molecule has 0 radical (unpaired) electrons. The monoisotopic (exact) mass is 326 g/mol. The van der Waals surface area contributed by atoms with E-state index < -0.39 is 0 Å². The number of likely N-dealkylation sites (tertiary alicyclic amines) is 1. The number of amides is 1. The molecule has 1 aliphatic carbocycles. The highest BCUT2D eigenvalue weighted by Gasteiger charge is 2.47. The van der Waals surface area contributed by atoms with Crippen molar-refractivity contribution in [3.8, 4) is 0 Å². The maximum atomic E-state index is 13.5. The van der Waals surface area contributed by atoms with Gasteiger partial charge in [-0.2, -0.15) is 0 Å². The Hall–Kier alpha value is -1.35. The number of carbonyl (C=O) groups excluding carboxylic acids is 1. The maximum Gasteiger partial charge on any atom is 0.233 e. The predicted molar refractivity (Wildman–Crippen MR) is 97.1 cm³/mol. The first-order chi connectivity index (χ1) is 11.6. The summed E-state index contributed by atoms with van der Waals surface area (Å²) in [5.74, 6) is 0.409. The van der Waals surface area contributed by atoms with E-state index in [1.54, 1.807) is 0 Å². The number of aryl methyl sites for hydroxylation is 1. The Bertz CT molecular complexity index is 602. The van der Waals surface area contributed by atoms with Crippen LogP contribution in [0, 0.1) is 12.3 Å². The predicted octanol–water partition coefficient (Wildman–Crippen LogP) is 3.41. The molecule has 1 N–H and O–H groups in total. The van der Waals surface area contributed by atoms with Crippen LogP contribution in [0.3, 0.4) is 0 Å². The van der Waals surface area contributed by atoms with Crippen LogP contribution in [0.15, 0.2) is 24.3 Å². The van der Waals surface area contributed by atoms with E-state index in [1.807, 2.05) is 0 Å². The smallest absolute Gasteiger partial charge is 0.233 e. The van der Waals surface area contributed by atoms with E-state index in [0.717, 1.165) is 39.0 Å². The molecule has 0 bridgehead atoms. The standard InChI is InChI=1S/C21H30N2O/c1-17-5-4-6-18(15-17)21(7-2-3-8-21)19(24)23-13-10-20(11-14-23)9-12-22-16-20/h4-6,15,22H,2-3,7-14,16H2,1H3. The number of carbonyl (C=O) groups is 1. The van der Waals surface area contributed by atoms with Crippen molar-refractivity contribution < 1.29 is 4.79 Å². The number of nitrogens with zero attached hydrogens (tertiary/aromatic N) is 1. The van der Waals surface area contributed by atoms with E-state index >= 15 is 0 Å². The van der Waals surface area contributed by atoms with Gasteiger partial charge in [0.15, 0.2) is 0 Å². The normalized spacial score (nSPS) is 25.3. The number of hydrogen-bond donors (Lipinski definition) is 1. The molecule has 1 aromatic rings. The molecule has 2 aliphatic heterocycles. The van der Waals surface area contributed by atoms with Gasteiger partial charge in [0.25, 0.3) is 0 Å². The molecule has 1 spiro atoms. The molecule has 0 unspecified atom stereocenters. The third-order valence-electron chi connectivity index (χ3n) is 6.88. The fourth-order valence-electron chi connectivity index (χ4n) is 5.26. The summed E-state index contributed by atoms with van der Waals surface area (Å²) >= 11 is 0. The van der Waals surface area contributed by atoms with E-state index in [1.165, 1.54) is 43.2 Å². The summed E-state index contributed by atoms with van der Waals surface area (Å²) in [5.41, 5.74) is 2.75. The zero-order chi connectivity index (χ0) is 16.6. The molecule has 1 saturated carbocycles. The Labute approximate surface area is 145 Å². The molecule has 24 heavy (non-hydrogen) atoms. The molecule has 130 valence electrons. The molecule has 0 aromatic heterocycles. The Morgan fingerprint density at radius 3 is 2.46 bits per heavy atom. The fraction of sp³-hybridized carbons (Fsp3) is 0.667. The lowest BCUT2D eigenvalue weighted by molar-refractivity contribution is -0.139. The summed E-state index contributed by atoms with van der Waals surface area (Å²) < 4.78 is 0. The third kappa shape index (κ3) is 2.67. The summed E-state index contributed by atoms with van der Waals surface area (Å²) in [6.07, 6.45) is 8.06. The molecule has 4 rings (SSSR count). The van der Waals surface area contributed by atoms with Gasteiger partial charge in [-0.15, -0.1) is 0 Å². The van der Waals surface area contributed by atoms with Gasteiger partial charge in [0.1, 0.15) is 0 Å². The average Bonchev–Trinajstić information content (AvgIpc) is 3.26. The highest BCUT2D eigenvalue weighted by Crippen LogP contribution is 2.44. The first kappa shape index (κ1) is 16.1. The van der Waals surface area contributed by atoms with E-state index in [0.29, 0.717) is 11.3 Å². The maximum absolute atomic E-state index is 13.5. The van der Waals surface area contributed by atoms with Crippen molar-refractivity contribution in [2.45, 2.75) is 57.3 Å². The first-order valence-corrected chi connectivity index (χ1v) is 9.71. The van der Waals surface area contributed by atoms with E-state index in [-0.39, 0.29) is 5.41 Å². The van der Waals surface area contributed by atoms with E-state index in [2.05, 4.69) is 41.4 Å². The van der Waals surface area contributed by atoms with E-state index in [4.69, 9.17) is 0 Å². The minimum absolute atomic E-state index is 0.246. The number of hydrogen-bond acceptors (Lipinski definition) is 2. The van der Waals surface area contributed by atoms with Crippen LogP contribution in [-0.2, 0) is 10.2 Å². The summed E-state index contributed by atoms with van der Waals surface area (Å²) in [6, 6.07) is 8.68. The molecule has 3 heteroatoms. The molecular weight excluding hydrogens is 296 g/mol. The molecule has 2 saturated heterocycles. The van der Waals surface area contributed by atoms with Crippen LogP contribution >= 0.6 is 0 Å². The average molecular weight is 326 g/mol. The van der Waals surface area contributed by atoms with Crippen LogP contribution < -0.4 is 5.32 Å². The van der Waals surface area contributed by atoms with Crippen LogP contribution in [0.25, 0.3) is 0 Å². The van der Waals surface area contributed by atoms with Gasteiger partial charge in [-0.25, -0.2) is 0 Å². The lowest BCUT2D eigenvalue weighted by Crippen LogP contribution is -2.51. The molecule has 1 aromatic carbocycles. The van der Waals surface area contributed by atoms with Crippen molar-refractivity contribution in [2.24, 2.45) is 5.41 Å². The zero-order valence-corrected chi connectivity index (χ0v) is 14.9. The third-order valence-corrected chi connectivity index (χ3v) is 6.88. The molecule has 0 atom stereocenters. The van der Waals surface area contributed by atoms with Gasteiger partial charge in [0, 0.05) is 19.6 Å². The highest BCUT2D eigenvalue weighted by molar-refractivity contribution is 5.88. The Morgan fingerprint density at radius 2 is 1.83 bits per heavy atom. The molecule has 3 aliphatic rings. The second-order valence-electron chi connectivity index (χ2n) is 8.38. The molecule has 1 amide bonds. The number of rotatable bonds is 2. The Morgan fingerprint density at radius 1 is 1.08 bits per heavy atom. The molecule has 2 heterocycles. The van der Waals surface area contributed by atoms with Crippen LogP contribution in [0.1, 0.15) is 56.1 Å². The number of nitrogens with one attached hydrogen (secondary N) is 1. The number of benzene rings is 1. The van der Waals surface area contributed by atoms with Crippen LogP contribution in [0.4, 0.5) is 0 Å². The van der Waals surface area contributed by atoms with E-state index in [9.17, 15) is 4.79 Å². The molecular formula is C21H30N2O. The second-order valence-corrected chi connectivity index (χ2v) is 8.38. The van der Waals surface area contributed by atoms with Crippen LogP contribution in [0.2, 0.25) is 0 Å². The molecule has 3 fully saturated rings. The van der Waals surface area contributed by atoms with Gasteiger partial charge in [0.05, 0.1) is 5.41 Å². The summed E-state index contributed by atoms with van der Waals surface area (Å²) in [7, 11) is 0. The van der Waals surface area contributed by atoms with Crippen molar-refractivity contribution in [3.05, 3.63) is 35.4 Å². The van der Waals surface area contributed by atoms with Crippen molar-refractivity contribution in [2.75, 3.05) is 26.2 Å². The largest absolute Gasteiger partial charge is 0.342 e. The second kappa shape index (κ2) is 6.18. The van der Waals surface area contributed by atoms with Gasteiger partial charge in [-0.3, -0.25) is 4.79 Å². The zero-order valence-electron chi connectivity index (χ0n) is 14.9. The van der Waals surface area contributed by atoms with Gasteiger partial charge in [0.2, 0.25) is 5.91 Å². The van der Waals surface area contributed by atoms with Gasteiger partial charge in [-0.05, 0) is 56.6 Å². The summed E-state index contributed by atoms with van der Waals surface area (Å²) in [4.78, 5) is 15.7. The molecule has 3 nitrogen and oxygen atoms in total. The van der Waals surface area contributed by atoms with Crippen LogP contribution in [0.5, 0.6) is 0 Å². The topological polar surface area (TPSA) is 32.3 Å². The Balaban J connectivity index is 1.55. The van der Waals surface area contributed by atoms with Crippen molar-refractivity contribution in [3.63, 3.8) is 0 Å². The number of piperidine rings is 1. The van der Waals surface area contributed by atoms with Crippen molar-refractivity contribution >= 4 is 5.91 Å². The SMILES string of the molecule is Cc1cccc(C2(C(=O)N3CCC4(CCNC4)CC3)CCCC2)c1. The lowest BCUT2D eigenvalue weighted by atomic mass is 9.74. The minimum atomic E-state index is -0.246. The van der Waals surface area contributed by atoms with Gasteiger partial charge in [-0.1, -0.05) is 42.7 Å². The highest BCUT2D eigenvalue weighted by atomic mass is 16.2.